The zero-order valence-electron chi connectivity index (χ0n) is 9.97. The van der Waals surface area contributed by atoms with E-state index in [0.29, 0.717) is 12.2 Å². The van der Waals surface area contributed by atoms with Gasteiger partial charge in [-0.3, -0.25) is 4.79 Å². The highest BCUT2D eigenvalue weighted by Gasteiger charge is 2.35. The van der Waals surface area contributed by atoms with Crippen molar-refractivity contribution >= 4 is 5.78 Å². The molecule has 0 spiro atoms. The molecule has 0 rings (SSSR count). The number of Topliss-reactive ketones (excluding diaryl/α,β-unsaturated/α-hetero) is 1. The quantitative estimate of drug-likeness (QED) is 0.686. The van der Waals surface area contributed by atoms with Crippen molar-refractivity contribution < 1.29 is 9.90 Å². The molecule has 84 valence electrons. The van der Waals surface area contributed by atoms with E-state index in [4.69, 9.17) is 5.11 Å². The molecule has 0 aliphatic carbocycles. The molecule has 0 aromatic heterocycles. The maximum Gasteiger partial charge on any atom is 0.141 e. The number of carbonyl (C=O) groups excluding carboxylic acids is 1. The van der Waals surface area contributed by atoms with Crippen LogP contribution in [0, 0.1) is 11.3 Å². The normalized spacial score (nSPS) is 14.1. The van der Waals surface area contributed by atoms with Gasteiger partial charge in [0, 0.05) is 17.9 Å². The highest BCUT2D eigenvalue weighted by Crippen LogP contribution is 2.34. The zero-order chi connectivity index (χ0) is 11.2. The van der Waals surface area contributed by atoms with E-state index >= 15 is 0 Å². The van der Waals surface area contributed by atoms with Gasteiger partial charge in [0.25, 0.3) is 0 Å². The number of aliphatic hydroxyl groups is 1. The number of hydrogen-bond acceptors (Lipinski definition) is 2. The second kappa shape index (κ2) is 6.18. The molecule has 1 atom stereocenters. The lowest BCUT2D eigenvalue weighted by Crippen LogP contribution is -2.35. The third kappa shape index (κ3) is 2.81. The van der Waals surface area contributed by atoms with Crippen LogP contribution >= 0.6 is 0 Å². The van der Waals surface area contributed by atoms with Gasteiger partial charge in [-0.05, 0) is 25.7 Å². The van der Waals surface area contributed by atoms with Crippen LogP contribution in [0.4, 0.5) is 0 Å². The van der Waals surface area contributed by atoms with Gasteiger partial charge in [-0.1, -0.05) is 27.7 Å². The molecule has 0 aliphatic heterocycles. The fourth-order valence-electron chi connectivity index (χ4n) is 2.00. The minimum atomic E-state index is -0.274. The van der Waals surface area contributed by atoms with E-state index in [-0.39, 0.29) is 17.9 Å². The second-order valence-electron chi connectivity index (χ2n) is 4.13. The van der Waals surface area contributed by atoms with Crippen LogP contribution in [0.2, 0.25) is 0 Å². The van der Waals surface area contributed by atoms with Gasteiger partial charge in [-0.2, -0.15) is 0 Å². The van der Waals surface area contributed by atoms with Crippen LogP contribution in [-0.4, -0.2) is 17.5 Å². The number of carbonyl (C=O) groups is 1. The average molecular weight is 200 g/mol. The third-order valence-electron chi connectivity index (χ3n) is 3.53. The summed E-state index contributed by atoms with van der Waals surface area (Å²) < 4.78 is 0. The number of aliphatic hydroxyl groups excluding tert-OH is 1. The first-order valence-electron chi connectivity index (χ1n) is 5.73. The zero-order valence-corrected chi connectivity index (χ0v) is 9.97. The van der Waals surface area contributed by atoms with Crippen molar-refractivity contribution in [3.63, 3.8) is 0 Å². The van der Waals surface area contributed by atoms with Crippen LogP contribution in [0.15, 0.2) is 0 Å². The summed E-state index contributed by atoms with van der Waals surface area (Å²) in [6.45, 7) is 8.22. The Balaban J connectivity index is 4.69. The van der Waals surface area contributed by atoms with Crippen molar-refractivity contribution in [2.75, 3.05) is 6.61 Å². The topological polar surface area (TPSA) is 37.3 Å². The SMILES string of the molecule is CCC(C)C(=O)C(CC)(CC)CCO. The van der Waals surface area contributed by atoms with Gasteiger partial charge in [0.2, 0.25) is 0 Å². The van der Waals surface area contributed by atoms with Crippen molar-refractivity contribution in [2.24, 2.45) is 11.3 Å². The van der Waals surface area contributed by atoms with Crippen LogP contribution < -0.4 is 0 Å². The maximum atomic E-state index is 12.1. The Morgan fingerprint density at radius 3 is 2.07 bits per heavy atom. The lowest BCUT2D eigenvalue weighted by molar-refractivity contribution is -0.134. The Hall–Kier alpha value is -0.370. The standard InChI is InChI=1S/C12H24O2/c1-5-10(4)11(14)12(6-2,7-3)8-9-13/h10,13H,5-9H2,1-4H3. The van der Waals surface area contributed by atoms with Gasteiger partial charge >= 0.3 is 0 Å². The monoisotopic (exact) mass is 200 g/mol. The lowest BCUT2D eigenvalue weighted by atomic mass is 9.71. The van der Waals surface area contributed by atoms with E-state index in [0.717, 1.165) is 19.3 Å². The molecule has 14 heavy (non-hydrogen) atoms. The molecule has 0 aromatic rings. The molecule has 0 fully saturated rings. The minimum Gasteiger partial charge on any atom is -0.396 e. The first-order chi connectivity index (χ1) is 6.57. The van der Waals surface area contributed by atoms with Crippen molar-refractivity contribution in [1.82, 2.24) is 0 Å². The molecule has 0 saturated heterocycles. The third-order valence-corrected chi connectivity index (χ3v) is 3.53. The number of ketones is 1. The summed E-state index contributed by atoms with van der Waals surface area (Å²) in [6.07, 6.45) is 3.19. The summed E-state index contributed by atoms with van der Waals surface area (Å²) in [5.74, 6) is 0.459. The first-order valence-corrected chi connectivity index (χ1v) is 5.73. The van der Waals surface area contributed by atoms with Gasteiger partial charge in [0.1, 0.15) is 5.78 Å². The van der Waals surface area contributed by atoms with Gasteiger partial charge in [0.05, 0.1) is 0 Å². The Bertz CT molecular complexity index is 171. The molecule has 0 radical (unpaired) electrons. The molecule has 0 bridgehead atoms. The van der Waals surface area contributed by atoms with Crippen LogP contribution in [0.5, 0.6) is 0 Å². The van der Waals surface area contributed by atoms with Gasteiger partial charge in [-0.15, -0.1) is 0 Å². The molecule has 0 aromatic carbocycles. The second-order valence-corrected chi connectivity index (χ2v) is 4.13. The molecule has 1 unspecified atom stereocenters. The summed E-state index contributed by atoms with van der Waals surface area (Å²) in [7, 11) is 0. The highest BCUT2D eigenvalue weighted by atomic mass is 16.3. The number of hydrogen-bond donors (Lipinski definition) is 1. The predicted octanol–water partition coefficient (Wildman–Crippen LogP) is 2.79. The molecule has 1 N–H and O–H groups in total. The first kappa shape index (κ1) is 13.6. The van der Waals surface area contributed by atoms with Gasteiger partial charge in [-0.25, -0.2) is 0 Å². The molecule has 0 saturated carbocycles. The van der Waals surface area contributed by atoms with Crippen molar-refractivity contribution in [3.05, 3.63) is 0 Å². The van der Waals surface area contributed by atoms with Crippen molar-refractivity contribution in [3.8, 4) is 0 Å². The van der Waals surface area contributed by atoms with Gasteiger partial charge in [0.15, 0.2) is 0 Å². The minimum absolute atomic E-state index is 0.115. The van der Waals surface area contributed by atoms with Crippen LogP contribution in [-0.2, 0) is 4.79 Å². The summed E-state index contributed by atoms with van der Waals surface area (Å²) in [5.41, 5.74) is -0.274. The Morgan fingerprint density at radius 2 is 1.79 bits per heavy atom. The van der Waals surface area contributed by atoms with E-state index in [1.807, 2.05) is 27.7 Å². The fraction of sp³-hybridized carbons (Fsp3) is 0.917. The van der Waals surface area contributed by atoms with E-state index in [1.165, 1.54) is 0 Å². The summed E-state index contributed by atoms with van der Waals surface area (Å²) in [4.78, 5) is 12.1. The van der Waals surface area contributed by atoms with Gasteiger partial charge < -0.3 is 5.11 Å². The molecule has 0 aliphatic rings. The lowest BCUT2D eigenvalue weighted by Gasteiger charge is -2.31. The molecule has 2 heteroatoms. The van der Waals surface area contributed by atoms with Crippen LogP contribution in [0.1, 0.15) is 53.4 Å². The molecule has 0 amide bonds. The summed E-state index contributed by atoms with van der Waals surface area (Å²) in [6, 6.07) is 0. The van der Waals surface area contributed by atoms with E-state index in [1.54, 1.807) is 0 Å². The molecular weight excluding hydrogens is 176 g/mol. The van der Waals surface area contributed by atoms with Crippen LogP contribution in [0.25, 0.3) is 0 Å². The Morgan fingerprint density at radius 1 is 1.29 bits per heavy atom. The Kier molecular flexibility index (Phi) is 6.01. The van der Waals surface area contributed by atoms with Crippen LogP contribution in [0.3, 0.4) is 0 Å². The largest absolute Gasteiger partial charge is 0.396 e. The predicted molar refractivity (Wildman–Crippen MR) is 59.2 cm³/mol. The average Bonchev–Trinajstić information content (AvgIpc) is 2.24. The molecular formula is C12H24O2. The number of rotatable bonds is 7. The van der Waals surface area contributed by atoms with E-state index in [9.17, 15) is 4.79 Å². The maximum absolute atomic E-state index is 12.1. The Labute approximate surface area is 87.7 Å². The van der Waals surface area contributed by atoms with E-state index < -0.39 is 0 Å². The van der Waals surface area contributed by atoms with Crippen molar-refractivity contribution in [2.45, 2.75) is 53.4 Å². The fourth-order valence-corrected chi connectivity index (χ4v) is 2.00. The van der Waals surface area contributed by atoms with Crippen molar-refractivity contribution in [1.29, 1.82) is 0 Å². The summed E-state index contributed by atoms with van der Waals surface area (Å²) >= 11 is 0. The summed E-state index contributed by atoms with van der Waals surface area (Å²) in [5, 5.41) is 9.02. The molecule has 0 heterocycles. The molecule has 2 nitrogen and oxygen atoms in total. The van der Waals surface area contributed by atoms with E-state index in [2.05, 4.69) is 0 Å². The smallest absolute Gasteiger partial charge is 0.141 e. The highest BCUT2D eigenvalue weighted by molar-refractivity contribution is 5.86.